The Morgan fingerprint density at radius 3 is 2.70 bits per heavy atom. The highest BCUT2D eigenvalue weighted by Gasteiger charge is 2.02. The predicted octanol–water partition coefficient (Wildman–Crippen LogP) is 3.84. The summed E-state index contributed by atoms with van der Waals surface area (Å²) in [5.41, 5.74) is 4.60. The Hall–Kier alpha value is -1.79. The Balaban J connectivity index is 1.72. The fraction of sp³-hybridized carbons (Fsp3) is 0.176. The van der Waals surface area contributed by atoms with Crippen molar-refractivity contribution in [2.75, 3.05) is 12.9 Å². The van der Waals surface area contributed by atoms with Crippen LogP contribution in [0.3, 0.4) is 0 Å². The van der Waals surface area contributed by atoms with E-state index in [9.17, 15) is 4.79 Å². The summed E-state index contributed by atoms with van der Waals surface area (Å²) in [5.74, 6) is 1.81. The van der Waals surface area contributed by atoms with E-state index in [1.807, 2.05) is 48.5 Å². The normalized spacial score (nSPS) is 10.7. The molecule has 120 valence electrons. The first-order valence-corrected chi connectivity index (χ1v) is 8.91. The second-order valence-electron chi connectivity index (χ2n) is 4.65. The predicted molar refractivity (Wildman–Crippen MR) is 99.0 cm³/mol. The van der Waals surface area contributed by atoms with Gasteiger partial charge in [0.1, 0.15) is 5.75 Å². The van der Waals surface area contributed by atoms with Crippen molar-refractivity contribution < 1.29 is 9.53 Å². The van der Waals surface area contributed by atoms with Gasteiger partial charge in [0.2, 0.25) is 5.91 Å². The maximum atomic E-state index is 11.7. The van der Waals surface area contributed by atoms with Crippen molar-refractivity contribution in [1.29, 1.82) is 0 Å². The average Bonchev–Trinajstić information content (AvgIpc) is 2.57. The molecule has 0 radical (unpaired) electrons. The molecule has 6 heteroatoms. The Bertz CT molecular complexity index is 675. The lowest BCUT2D eigenvalue weighted by Gasteiger charge is -2.03. The SMILES string of the molecule is COc1ccc(C=NNC(=O)CSCc2ccccc2Br)cc1. The number of halogens is 1. The van der Waals surface area contributed by atoms with Crippen molar-refractivity contribution in [2.24, 2.45) is 5.10 Å². The van der Waals surface area contributed by atoms with Crippen molar-refractivity contribution in [2.45, 2.75) is 5.75 Å². The topological polar surface area (TPSA) is 50.7 Å². The van der Waals surface area contributed by atoms with Crippen LogP contribution in [0.4, 0.5) is 0 Å². The van der Waals surface area contributed by atoms with Crippen LogP contribution in [0.5, 0.6) is 5.75 Å². The Morgan fingerprint density at radius 1 is 1.26 bits per heavy atom. The van der Waals surface area contributed by atoms with Crippen LogP contribution in [-0.2, 0) is 10.5 Å². The molecule has 0 saturated carbocycles. The first-order valence-electron chi connectivity index (χ1n) is 6.96. The molecule has 2 aromatic carbocycles. The van der Waals surface area contributed by atoms with Gasteiger partial charge < -0.3 is 4.74 Å². The van der Waals surface area contributed by atoms with Crippen LogP contribution in [0.25, 0.3) is 0 Å². The fourth-order valence-corrected chi connectivity index (χ4v) is 3.20. The standard InChI is InChI=1S/C17H17BrN2O2S/c1-22-15-8-6-13(7-9-15)10-19-20-17(21)12-23-11-14-4-2-3-5-16(14)18/h2-10H,11-12H2,1H3,(H,20,21). The zero-order chi connectivity index (χ0) is 16.5. The summed E-state index contributed by atoms with van der Waals surface area (Å²) in [7, 11) is 1.62. The third-order valence-electron chi connectivity index (χ3n) is 2.97. The molecule has 0 atom stereocenters. The van der Waals surface area contributed by atoms with E-state index in [-0.39, 0.29) is 5.91 Å². The number of rotatable bonds is 7. The molecule has 0 aromatic heterocycles. The Labute approximate surface area is 148 Å². The Morgan fingerprint density at radius 2 is 2.00 bits per heavy atom. The van der Waals surface area contributed by atoms with Gasteiger partial charge in [0.15, 0.2) is 0 Å². The van der Waals surface area contributed by atoms with Crippen LogP contribution in [0, 0.1) is 0 Å². The first kappa shape index (κ1) is 17.6. The summed E-state index contributed by atoms with van der Waals surface area (Å²) in [5, 5.41) is 3.95. The number of methoxy groups -OCH3 is 1. The number of benzene rings is 2. The number of thioether (sulfide) groups is 1. The molecule has 1 N–H and O–H groups in total. The second kappa shape index (κ2) is 9.37. The van der Waals surface area contributed by atoms with E-state index in [2.05, 4.69) is 26.5 Å². The van der Waals surface area contributed by atoms with Gasteiger partial charge in [-0.1, -0.05) is 34.1 Å². The molecule has 0 heterocycles. The number of hydrogen-bond donors (Lipinski definition) is 1. The summed E-state index contributed by atoms with van der Waals surface area (Å²) in [6, 6.07) is 15.4. The molecule has 4 nitrogen and oxygen atoms in total. The molecule has 0 aliphatic rings. The molecule has 23 heavy (non-hydrogen) atoms. The van der Waals surface area contributed by atoms with Crippen molar-refractivity contribution in [3.8, 4) is 5.75 Å². The number of hydrazone groups is 1. The van der Waals surface area contributed by atoms with Crippen molar-refractivity contribution in [3.63, 3.8) is 0 Å². The van der Waals surface area contributed by atoms with Crippen molar-refractivity contribution >= 4 is 39.8 Å². The van der Waals surface area contributed by atoms with Crippen molar-refractivity contribution in [3.05, 3.63) is 64.1 Å². The van der Waals surface area contributed by atoms with E-state index in [1.54, 1.807) is 25.1 Å². The molecule has 0 aliphatic heterocycles. The lowest BCUT2D eigenvalue weighted by Crippen LogP contribution is -2.19. The highest BCUT2D eigenvalue weighted by molar-refractivity contribution is 9.10. The summed E-state index contributed by atoms with van der Waals surface area (Å²) in [6.07, 6.45) is 1.61. The van der Waals surface area contributed by atoms with Gasteiger partial charge in [-0.3, -0.25) is 4.79 Å². The minimum atomic E-state index is -0.119. The molecule has 2 aromatic rings. The molecule has 0 unspecified atom stereocenters. The largest absolute Gasteiger partial charge is 0.497 e. The summed E-state index contributed by atoms with van der Waals surface area (Å²) in [4.78, 5) is 11.7. The third-order valence-corrected chi connectivity index (χ3v) is 4.72. The van der Waals surface area contributed by atoms with Crippen LogP contribution >= 0.6 is 27.7 Å². The maximum Gasteiger partial charge on any atom is 0.250 e. The number of hydrogen-bond acceptors (Lipinski definition) is 4. The molecule has 0 saturated heterocycles. The molecule has 0 spiro atoms. The zero-order valence-corrected chi connectivity index (χ0v) is 15.1. The van der Waals surface area contributed by atoms with Crippen LogP contribution in [-0.4, -0.2) is 25.0 Å². The van der Waals surface area contributed by atoms with Gasteiger partial charge in [-0.2, -0.15) is 5.10 Å². The molecule has 0 fully saturated rings. The zero-order valence-electron chi connectivity index (χ0n) is 12.7. The number of nitrogens with one attached hydrogen (secondary N) is 1. The van der Waals surface area contributed by atoms with Gasteiger partial charge in [0, 0.05) is 10.2 Å². The smallest absolute Gasteiger partial charge is 0.250 e. The maximum absolute atomic E-state index is 11.7. The van der Waals surface area contributed by atoms with Gasteiger partial charge in [-0.05, 0) is 41.5 Å². The summed E-state index contributed by atoms with van der Waals surface area (Å²) in [6.45, 7) is 0. The quantitative estimate of drug-likeness (QED) is 0.575. The fourth-order valence-electron chi connectivity index (χ4n) is 1.77. The first-order chi connectivity index (χ1) is 11.2. The van der Waals surface area contributed by atoms with Crippen LogP contribution in [0.2, 0.25) is 0 Å². The molecule has 0 aliphatic carbocycles. The van der Waals surface area contributed by atoms with E-state index in [1.165, 1.54) is 5.56 Å². The molecular formula is C17H17BrN2O2S. The number of nitrogens with zero attached hydrogens (tertiary/aromatic N) is 1. The molecule has 1 amide bonds. The van der Waals surface area contributed by atoms with Crippen LogP contribution in [0.1, 0.15) is 11.1 Å². The monoisotopic (exact) mass is 392 g/mol. The highest BCUT2D eigenvalue weighted by atomic mass is 79.9. The van der Waals surface area contributed by atoms with Crippen LogP contribution in [0.15, 0.2) is 58.1 Å². The van der Waals surface area contributed by atoms with Gasteiger partial charge in [-0.15, -0.1) is 11.8 Å². The van der Waals surface area contributed by atoms with Crippen LogP contribution < -0.4 is 10.2 Å². The lowest BCUT2D eigenvalue weighted by atomic mass is 10.2. The van der Waals surface area contributed by atoms with Gasteiger partial charge in [-0.25, -0.2) is 5.43 Å². The minimum Gasteiger partial charge on any atom is -0.497 e. The number of carbonyl (C=O) groups excluding carboxylic acids is 1. The van der Waals surface area contributed by atoms with Gasteiger partial charge in [0.05, 0.1) is 19.1 Å². The summed E-state index contributed by atoms with van der Waals surface area (Å²) < 4.78 is 6.14. The average molecular weight is 393 g/mol. The number of ether oxygens (including phenoxy) is 1. The molecular weight excluding hydrogens is 376 g/mol. The van der Waals surface area contributed by atoms with Gasteiger partial charge in [0.25, 0.3) is 0 Å². The van der Waals surface area contributed by atoms with E-state index < -0.39 is 0 Å². The van der Waals surface area contributed by atoms with Gasteiger partial charge >= 0.3 is 0 Å². The molecule has 2 rings (SSSR count). The number of amides is 1. The second-order valence-corrected chi connectivity index (χ2v) is 6.49. The third kappa shape index (κ3) is 6.08. The Kier molecular flexibility index (Phi) is 7.16. The molecule has 0 bridgehead atoms. The van der Waals surface area contributed by atoms with E-state index in [0.29, 0.717) is 5.75 Å². The summed E-state index contributed by atoms with van der Waals surface area (Å²) >= 11 is 5.04. The minimum absolute atomic E-state index is 0.119. The lowest BCUT2D eigenvalue weighted by molar-refractivity contribution is -0.118. The van der Waals surface area contributed by atoms with Crippen molar-refractivity contribution in [1.82, 2.24) is 5.43 Å². The highest BCUT2D eigenvalue weighted by Crippen LogP contribution is 2.21. The van der Waals surface area contributed by atoms with E-state index in [4.69, 9.17) is 4.74 Å². The number of carbonyl (C=O) groups is 1. The van der Waals surface area contributed by atoms with E-state index >= 15 is 0 Å². The van der Waals surface area contributed by atoms with E-state index in [0.717, 1.165) is 21.5 Å².